The highest BCUT2D eigenvalue weighted by Crippen LogP contribution is 2.29. The third-order valence-corrected chi connectivity index (χ3v) is 4.40. The third kappa shape index (κ3) is 4.37. The number of piperazine rings is 1. The second-order valence-corrected chi connectivity index (χ2v) is 6.29. The van der Waals surface area contributed by atoms with Crippen LogP contribution >= 0.6 is 0 Å². The van der Waals surface area contributed by atoms with Gasteiger partial charge in [0.25, 0.3) is 0 Å². The first kappa shape index (κ1) is 15.2. The van der Waals surface area contributed by atoms with Crippen molar-refractivity contribution in [3.05, 3.63) is 24.3 Å². The molecule has 1 saturated carbocycles. The van der Waals surface area contributed by atoms with Crippen LogP contribution in [0.4, 0.5) is 5.69 Å². The van der Waals surface area contributed by atoms with Gasteiger partial charge in [0.2, 0.25) is 5.91 Å². The Bertz CT molecular complexity index is 491. The van der Waals surface area contributed by atoms with Crippen molar-refractivity contribution in [2.75, 3.05) is 45.1 Å². The molecule has 0 spiro atoms. The molecule has 22 heavy (non-hydrogen) atoms. The van der Waals surface area contributed by atoms with Gasteiger partial charge in [-0.15, -0.1) is 0 Å². The van der Waals surface area contributed by atoms with Crippen molar-refractivity contribution >= 4 is 11.6 Å². The van der Waals surface area contributed by atoms with E-state index in [-0.39, 0.29) is 5.91 Å². The van der Waals surface area contributed by atoms with E-state index >= 15 is 0 Å². The molecule has 1 aromatic carbocycles. The molecule has 0 atom stereocenters. The van der Waals surface area contributed by atoms with Gasteiger partial charge in [0.05, 0.1) is 13.0 Å². The number of hydrogen-bond acceptors (Lipinski definition) is 4. The Balaban J connectivity index is 1.34. The lowest BCUT2D eigenvalue weighted by molar-refractivity contribution is -0.133. The predicted molar refractivity (Wildman–Crippen MR) is 86.7 cm³/mol. The van der Waals surface area contributed by atoms with E-state index in [1.807, 2.05) is 17.0 Å². The van der Waals surface area contributed by atoms with Crippen molar-refractivity contribution < 1.29 is 9.53 Å². The summed E-state index contributed by atoms with van der Waals surface area (Å²) in [5.41, 5.74) is 6.34. The number of amides is 1. The van der Waals surface area contributed by atoms with Crippen LogP contribution in [-0.4, -0.2) is 55.0 Å². The lowest BCUT2D eigenvalue weighted by Crippen LogP contribution is -2.49. The van der Waals surface area contributed by atoms with Gasteiger partial charge in [-0.1, -0.05) is 0 Å². The molecule has 1 amide bonds. The van der Waals surface area contributed by atoms with Crippen LogP contribution in [-0.2, 0) is 4.79 Å². The highest BCUT2D eigenvalue weighted by Gasteiger charge is 2.27. The van der Waals surface area contributed by atoms with E-state index in [9.17, 15) is 4.79 Å². The molecule has 1 aliphatic carbocycles. The Morgan fingerprint density at radius 3 is 2.45 bits per heavy atom. The molecule has 1 aliphatic heterocycles. The number of ether oxygens (including phenoxy) is 1. The molecule has 2 N–H and O–H groups in total. The zero-order valence-electron chi connectivity index (χ0n) is 13.0. The van der Waals surface area contributed by atoms with Gasteiger partial charge in [-0.25, -0.2) is 0 Å². The topological polar surface area (TPSA) is 58.8 Å². The molecule has 0 unspecified atom stereocenters. The molecule has 0 aromatic heterocycles. The van der Waals surface area contributed by atoms with E-state index in [1.165, 1.54) is 19.4 Å². The van der Waals surface area contributed by atoms with E-state index in [1.54, 1.807) is 12.1 Å². The Morgan fingerprint density at radius 2 is 1.82 bits per heavy atom. The summed E-state index contributed by atoms with van der Waals surface area (Å²) in [5, 5.41) is 0. The van der Waals surface area contributed by atoms with Crippen molar-refractivity contribution in [3.8, 4) is 5.75 Å². The van der Waals surface area contributed by atoms with E-state index in [2.05, 4.69) is 4.90 Å². The molecule has 2 fully saturated rings. The molecule has 3 rings (SSSR count). The summed E-state index contributed by atoms with van der Waals surface area (Å²) in [6, 6.07) is 7.26. The van der Waals surface area contributed by atoms with Crippen LogP contribution in [0.5, 0.6) is 5.75 Å². The molecular weight excluding hydrogens is 278 g/mol. The van der Waals surface area contributed by atoms with Crippen LogP contribution < -0.4 is 10.5 Å². The number of rotatable bonds is 6. The van der Waals surface area contributed by atoms with Crippen LogP contribution in [0.1, 0.15) is 19.3 Å². The van der Waals surface area contributed by atoms with Crippen molar-refractivity contribution in [1.82, 2.24) is 9.80 Å². The largest absolute Gasteiger partial charge is 0.493 e. The lowest BCUT2D eigenvalue weighted by atomic mass is 10.2. The normalized spacial score (nSPS) is 19.2. The summed E-state index contributed by atoms with van der Waals surface area (Å²) in [6.45, 7) is 5.39. The summed E-state index contributed by atoms with van der Waals surface area (Å²) < 4.78 is 5.59. The van der Waals surface area contributed by atoms with Gasteiger partial charge in [-0.2, -0.15) is 0 Å². The molecule has 0 radical (unpaired) electrons. The molecule has 120 valence electrons. The maximum absolute atomic E-state index is 12.2. The number of hydrogen-bond donors (Lipinski definition) is 1. The fraction of sp³-hybridized carbons (Fsp3) is 0.588. The average molecular weight is 303 g/mol. The zero-order chi connectivity index (χ0) is 15.4. The van der Waals surface area contributed by atoms with Crippen molar-refractivity contribution in [1.29, 1.82) is 0 Å². The minimum Gasteiger partial charge on any atom is -0.493 e. The highest BCUT2D eigenvalue weighted by molar-refractivity contribution is 5.76. The number of nitrogens with two attached hydrogens (primary N) is 1. The molecule has 1 heterocycles. The number of benzene rings is 1. The maximum Gasteiger partial charge on any atom is 0.226 e. The van der Waals surface area contributed by atoms with Gasteiger partial charge >= 0.3 is 0 Å². The second-order valence-electron chi connectivity index (χ2n) is 6.29. The van der Waals surface area contributed by atoms with Crippen LogP contribution in [0.2, 0.25) is 0 Å². The van der Waals surface area contributed by atoms with E-state index in [0.29, 0.717) is 18.7 Å². The van der Waals surface area contributed by atoms with Crippen LogP contribution in [0.25, 0.3) is 0 Å². The zero-order valence-corrected chi connectivity index (χ0v) is 13.0. The van der Waals surface area contributed by atoms with Crippen molar-refractivity contribution in [2.45, 2.75) is 19.3 Å². The SMILES string of the molecule is Nc1ccc(OCCC(=O)N2CCN(CC3CC3)CC2)cc1. The Morgan fingerprint density at radius 1 is 1.14 bits per heavy atom. The van der Waals surface area contributed by atoms with Crippen molar-refractivity contribution in [3.63, 3.8) is 0 Å². The van der Waals surface area contributed by atoms with Crippen LogP contribution in [0, 0.1) is 5.92 Å². The van der Waals surface area contributed by atoms with Gasteiger partial charge in [0.15, 0.2) is 0 Å². The first-order valence-electron chi connectivity index (χ1n) is 8.19. The Kier molecular flexibility index (Phi) is 4.83. The quantitative estimate of drug-likeness (QED) is 0.811. The summed E-state index contributed by atoms with van der Waals surface area (Å²) in [5.74, 6) is 1.88. The van der Waals surface area contributed by atoms with Crippen LogP contribution in [0.3, 0.4) is 0 Å². The molecule has 1 saturated heterocycles. The lowest BCUT2D eigenvalue weighted by Gasteiger charge is -2.34. The smallest absolute Gasteiger partial charge is 0.226 e. The number of carbonyl (C=O) groups excluding carboxylic acids is 1. The second kappa shape index (κ2) is 7.01. The standard InChI is InChI=1S/C17H25N3O2/c18-15-3-5-16(6-4-15)22-12-7-17(21)20-10-8-19(9-11-20)13-14-1-2-14/h3-6,14H,1-2,7-13,18H2. The molecule has 0 bridgehead atoms. The van der Waals surface area contributed by atoms with E-state index < -0.39 is 0 Å². The molecule has 5 heteroatoms. The highest BCUT2D eigenvalue weighted by atomic mass is 16.5. The van der Waals surface area contributed by atoms with Crippen LogP contribution in [0.15, 0.2) is 24.3 Å². The van der Waals surface area contributed by atoms with Gasteiger partial charge in [-0.05, 0) is 43.0 Å². The number of anilines is 1. The number of nitrogen functional groups attached to an aromatic ring is 1. The third-order valence-electron chi connectivity index (χ3n) is 4.40. The number of nitrogens with zero attached hydrogens (tertiary/aromatic N) is 2. The Labute approximate surface area is 132 Å². The van der Waals surface area contributed by atoms with Gasteiger partial charge in [0, 0.05) is 38.4 Å². The summed E-state index contributed by atoms with van der Waals surface area (Å²) in [6.07, 6.45) is 3.22. The predicted octanol–water partition coefficient (Wildman–Crippen LogP) is 1.59. The van der Waals surface area contributed by atoms with Crippen molar-refractivity contribution in [2.24, 2.45) is 5.92 Å². The average Bonchev–Trinajstić information content (AvgIpc) is 3.34. The number of carbonyl (C=O) groups is 1. The monoisotopic (exact) mass is 303 g/mol. The molecule has 5 nitrogen and oxygen atoms in total. The summed E-state index contributed by atoms with van der Waals surface area (Å²) in [7, 11) is 0. The Hall–Kier alpha value is -1.75. The van der Waals surface area contributed by atoms with Gasteiger partial charge in [-0.3, -0.25) is 9.69 Å². The maximum atomic E-state index is 12.2. The summed E-state index contributed by atoms with van der Waals surface area (Å²) in [4.78, 5) is 16.7. The van der Waals surface area contributed by atoms with E-state index in [0.717, 1.165) is 37.8 Å². The van der Waals surface area contributed by atoms with E-state index in [4.69, 9.17) is 10.5 Å². The van der Waals surface area contributed by atoms with Gasteiger partial charge in [0.1, 0.15) is 5.75 Å². The molecule has 2 aliphatic rings. The fourth-order valence-corrected chi connectivity index (χ4v) is 2.82. The summed E-state index contributed by atoms with van der Waals surface area (Å²) >= 11 is 0. The first-order chi connectivity index (χ1) is 10.7. The fourth-order valence-electron chi connectivity index (χ4n) is 2.82. The first-order valence-corrected chi connectivity index (χ1v) is 8.19. The minimum atomic E-state index is 0.196. The van der Waals surface area contributed by atoms with Gasteiger partial charge < -0.3 is 15.4 Å². The molecule has 1 aromatic rings. The minimum absolute atomic E-state index is 0.196. The molecular formula is C17H25N3O2.